The molecule has 6 nitrogen and oxygen atoms in total. The van der Waals surface area contributed by atoms with Crippen molar-refractivity contribution in [3.8, 4) is 0 Å². The molecular weight excluding hydrogens is 350 g/mol. The highest BCUT2D eigenvalue weighted by atomic mass is 35.5. The number of halogens is 1. The van der Waals surface area contributed by atoms with Crippen LogP contribution in [0.2, 0.25) is 5.02 Å². The van der Waals surface area contributed by atoms with Gasteiger partial charge in [0.1, 0.15) is 5.76 Å². The highest BCUT2D eigenvalue weighted by Crippen LogP contribution is 2.16. The van der Waals surface area contributed by atoms with Gasteiger partial charge in [-0.1, -0.05) is 35.0 Å². The number of hydrogen-bond acceptors (Lipinski definition) is 5. The van der Waals surface area contributed by atoms with Crippen LogP contribution in [0.15, 0.2) is 34.9 Å². The van der Waals surface area contributed by atoms with Crippen LogP contribution in [-0.4, -0.2) is 28.0 Å². The highest BCUT2D eigenvalue weighted by Gasteiger charge is 2.16. The number of nitrogens with one attached hydrogen (secondary N) is 2. The first-order valence-corrected chi connectivity index (χ1v) is 8.74. The molecule has 1 aromatic heterocycles. The van der Waals surface area contributed by atoms with Crippen molar-refractivity contribution >= 4 is 41.0 Å². The third kappa shape index (κ3) is 5.58. The molecule has 24 heavy (non-hydrogen) atoms. The third-order valence-electron chi connectivity index (χ3n) is 3.15. The molecule has 0 radical (unpaired) electrons. The first-order valence-electron chi connectivity index (χ1n) is 7.31. The summed E-state index contributed by atoms with van der Waals surface area (Å²) in [6.07, 6.45) is 0. The van der Waals surface area contributed by atoms with E-state index in [1.54, 1.807) is 26.0 Å². The predicted octanol–water partition coefficient (Wildman–Crippen LogP) is 3.01. The fourth-order valence-corrected chi connectivity index (χ4v) is 2.73. The summed E-state index contributed by atoms with van der Waals surface area (Å²) in [4.78, 5) is 23.9. The van der Waals surface area contributed by atoms with E-state index in [9.17, 15) is 9.59 Å². The molecule has 0 saturated heterocycles. The number of nitrogens with zero attached hydrogens (tertiary/aromatic N) is 1. The van der Waals surface area contributed by atoms with E-state index in [-0.39, 0.29) is 17.6 Å². The zero-order valence-corrected chi connectivity index (χ0v) is 14.9. The van der Waals surface area contributed by atoms with Gasteiger partial charge in [0, 0.05) is 17.6 Å². The van der Waals surface area contributed by atoms with Gasteiger partial charge in [0.25, 0.3) is 0 Å². The molecule has 0 saturated carbocycles. The van der Waals surface area contributed by atoms with E-state index >= 15 is 0 Å². The second kappa shape index (κ2) is 8.75. The molecule has 2 aromatic rings. The fraction of sp³-hybridized carbons (Fsp3) is 0.312. The van der Waals surface area contributed by atoms with Crippen molar-refractivity contribution in [3.05, 3.63) is 46.7 Å². The summed E-state index contributed by atoms with van der Waals surface area (Å²) in [6.45, 7) is 3.83. The Hall–Kier alpha value is -1.99. The van der Waals surface area contributed by atoms with Gasteiger partial charge in [-0.15, -0.1) is 11.8 Å². The Balaban J connectivity index is 1.72. The normalized spacial score (nSPS) is 11.8. The molecule has 0 bridgehead atoms. The van der Waals surface area contributed by atoms with E-state index in [0.717, 1.165) is 5.56 Å². The lowest BCUT2D eigenvalue weighted by molar-refractivity contribution is -0.118. The van der Waals surface area contributed by atoms with Crippen LogP contribution in [0, 0.1) is 6.92 Å². The van der Waals surface area contributed by atoms with E-state index in [2.05, 4.69) is 15.8 Å². The van der Waals surface area contributed by atoms with Gasteiger partial charge in [-0.2, -0.15) is 0 Å². The van der Waals surface area contributed by atoms with Crippen LogP contribution in [0.3, 0.4) is 0 Å². The number of aromatic nitrogens is 1. The molecule has 1 unspecified atom stereocenters. The maximum atomic E-state index is 12.0. The summed E-state index contributed by atoms with van der Waals surface area (Å²) < 4.78 is 4.88. The molecule has 2 amide bonds. The molecule has 0 aliphatic rings. The van der Waals surface area contributed by atoms with Gasteiger partial charge in [-0.05, 0) is 25.5 Å². The van der Waals surface area contributed by atoms with Crippen LogP contribution in [-0.2, 0) is 16.1 Å². The number of amides is 2. The van der Waals surface area contributed by atoms with E-state index in [1.165, 1.54) is 11.8 Å². The Bertz CT molecular complexity index is 720. The van der Waals surface area contributed by atoms with E-state index in [0.29, 0.717) is 23.1 Å². The maximum absolute atomic E-state index is 12.0. The minimum absolute atomic E-state index is 0.156. The second-order valence-electron chi connectivity index (χ2n) is 5.13. The maximum Gasteiger partial charge on any atom is 0.238 e. The van der Waals surface area contributed by atoms with Crippen LogP contribution in [0.5, 0.6) is 0 Å². The first kappa shape index (κ1) is 18.4. The van der Waals surface area contributed by atoms with Crippen molar-refractivity contribution in [1.82, 2.24) is 10.5 Å². The molecule has 1 atom stereocenters. The van der Waals surface area contributed by atoms with Gasteiger partial charge in [-0.25, -0.2) is 0 Å². The molecule has 1 heterocycles. The molecule has 0 fully saturated rings. The number of anilines is 1. The predicted molar refractivity (Wildman–Crippen MR) is 95.1 cm³/mol. The Kier molecular flexibility index (Phi) is 6.69. The van der Waals surface area contributed by atoms with Crippen LogP contribution < -0.4 is 10.6 Å². The largest absolute Gasteiger partial charge is 0.360 e. The van der Waals surface area contributed by atoms with Crippen LogP contribution in [0.1, 0.15) is 18.2 Å². The molecule has 0 aliphatic carbocycles. The van der Waals surface area contributed by atoms with Gasteiger partial charge in [-0.3, -0.25) is 9.59 Å². The number of hydrogen-bond donors (Lipinski definition) is 2. The first-order chi connectivity index (χ1) is 11.5. The summed E-state index contributed by atoms with van der Waals surface area (Å²) in [7, 11) is 0. The van der Waals surface area contributed by atoms with Crippen molar-refractivity contribution in [2.45, 2.75) is 25.6 Å². The summed E-state index contributed by atoms with van der Waals surface area (Å²) in [5.41, 5.74) is 0.852. The average Bonchev–Trinajstić information content (AvgIpc) is 2.96. The number of benzene rings is 1. The van der Waals surface area contributed by atoms with Crippen molar-refractivity contribution in [2.24, 2.45) is 0 Å². The molecule has 2 N–H and O–H groups in total. The van der Waals surface area contributed by atoms with Crippen molar-refractivity contribution in [1.29, 1.82) is 0 Å². The van der Waals surface area contributed by atoms with Crippen LogP contribution >= 0.6 is 23.4 Å². The Labute approximate surface area is 149 Å². The molecule has 2 rings (SSSR count). The monoisotopic (exact) mass is 367 g/mol. The summed E-state index contributed by atoms with van der Waals surface area (Å²) in [6, 6.07) is 8.95. The number of carbonyl (C=O) groups excluding carboxylic acids is 2. The zero-order valence-electron chi connectivity index (χ0n) is 13.3. The molecule has 0 aliphatic heterocycles. The molecule has 1 aromatic carbocycles. The van der Waals surface area contributed by atoms with Gasteiger partial charge in [0.15, 0.2) is 5.82 Å². The quantitative estimate of drug-likeness (QED) is 0.785. The molecular formula is C16H18ClN3O3S. The van der Waals surface area contributed by atoms with E-state index in [4.69, 9.17) is 16.1 Å². The number of carbonyl (C=O) groups is 2. The smallest absolute Gasteiger partial charge is 0.238 e. The molecule has 128 valence electrons. The lowest BCUT2D eigenvalue weighted by Crippen LogP contribution is -2.28. The van der Waals surface area contributed by atoms with Crippen LogP contribution in [0.4, 0.5) is 5.82 Å². The second-order valence-corrected chi connectivity index (χ2v) is 6.87. The number of aryl methyl sites for hydroxylation is 1. The topological polar surface area (TPSA) is 84.2 Å². The fourth-order valence-electron chi connectivity index (χ4n) is 1.82. The SMILES string of the molecule is Cc1cc(NC(=O)C(C)SCC(=O)NCc2ccccc2Cl)no1. The zero-order chi connectivity index (χ0) is 17.5. The summed E-state index contributed by atoms with van der Waals surface area (Å²) in [5.74, 6) is 0.776. The highest BCUT2D eigenvalue weighted by molar-refractivity contribution is 8.01. The Morgan fingerprint density at radius 2 is 2.12 bits per heavy atom. The summed E-state index contributed by atoms with van der Waals surface area (Å²) in [5, 5.41) is 9.34. The molecule has 0 spiro atoms. The Morgan fingerprint density at radius 1 is 1.38 bits per heavy atom. The Morgan fingerprint density at radius 3 is 2.79 bits per heavy atom. The lowest BCUT2D eigenvalue weighted by atomic mass is 10.2. The minimum atomic E-state index is -0.395. The van der Waals surface area contributed by atoms with Gasteiger partial charge in [0.05, 0.1) is 11.0 Å². The van der Waals surface area contributed by atoms with E-state index < -0.39 is 5.25 Å². The van der Waals surface area contributed by atoms with Crippen molar-refractivity contribution in [2.75, 3.05) is 11.1 Å². The van der Waals surface area contributed by atoms with Gasteiger partial charge < -0.3 is 15.2 Å². The number of thioether (sulfide) groups is 1. The van der Waals surface area contributed by atoms with Gasteiger partial charge >= 0.3 is 0 Å². The lowest BCUT2D eigenvalue weighted by Gasteiger charge is -2.11. The standard InChI is InChI=1S/C16H18ClN3O3S/c1-10-7-14(20-23-10)19-16(22)11(2)24-9-15(21)18-8-12-5-3-4-6-13(12)17/h3-7,11H,8-9H2,1-2H3,(H,18,21)(H,19,20,22). The third-order valence-corrected chi connectivity index (χ3v) is 4.66. The average molecular weight is 368 g/mol. The van der Waals surface area contributed by atoms with E-state index in [1.807, 2.05) is 18.2 Å². The molecule has 8 heteroatoms. The number of rotatable bonds is 7. The van der Waals surface area contributed by atoms with Crippen molar-refractivity contribution < 1.29 is 14.1 Å². The van der Waals surface area contributed by atoms with Crippen molar-refractivity contribution in [3.63, 3.8) is 0 Å². The minimum Gasteiger partial charge on any atom is -0.360 e. The van der Waals surface area contributed by atoms with Crippen LogP contribution in [0.25, 0.3) is 0 Å². The van der Waals surface area contributed by atoms with Gasteiger partial charge in [0.2, 0.25) is 11.8 Å². The summed E-state index contributed by atoms with van der Waals surface area (Å²) >= 11 is 7.28.